The third-order valence-electron chi connectivity index (χ3n) is 7.97. The van der Waals surface area contributed by atoms with Crippen LogP contribution >= 0.6 is 0 Å². The fourth-order valence-electron chi connectivity index (χ4n) is 6.21. The second-order valence-electron chi connectivity index (χ2n) is 9.87. The minimum Gasteiger partial charge on any atom is -0.388 e. The van der Waals surface area contributed by atoms with Crippen molar-refractivity contribution >= 4 is 0 Å². The maximum absolute atomic E-state index is 11.4. The lowest BCUT2D eigenvalue weighted by molar-refractivity contribution is -0.214. The van der Waals surface area contributed by atoms with Gasteiger partial charge in [0.2, 0.25) is 0 Å². The quantitative estimate of drug-likeness (QED) is 0.627. The molecule has 0 aromatic heterocycles. The SMILES string of the molecule is CCOC(C1CC(C)C2C(O1)C(O)C(N)(C(C)CC)C2(C)CC)C(C)(C)O. The molecule has 2 aliphatic rings. The van der Waals surface area contributed by atoms with Crippen molar-refractivity contribution in [2.45, 2.75) is 110 Å². The van der Waals surface area contributed by atoms with Crippen molar-refractivity contribution in [2.24, 2.45) is 28.9 Å². The van der Waals surface area contributed by atoms with Gasteiger partial charge in [-0.3, -0.25) is 0 Å². The highest BCUT2D eigenvalue weighted by Crippen LogP contribution is 2.60. The Morgan fingerprint density at radius 2 is 1.89 bits per heavy atom. The largest absolute Gasteiger partial charge is 0.388 e. The van der Waals surface area contributed by atoms with Gasteiger partial charge in [0.1, 0.15) is 6.10 Å². The number of fused-ring (bicyclic) bond motifs is 1. The molecule has 1 heterocycles. The topological polar surface area (TPSA) is 84.9 Å². The van der Waals surface area contributed by atoms with Crippen LogP contribution in [0.3, 0.4) is 0 Å². The molecule has 1 aliphatic heterocycles. The van der Waals surface area contributed by atoms with Crippen molar-refractivity contribution in [3.63, 3.8) is 0 Å². The van der Waals surface area contributed by atoms with Crippen LogP contribution in [0.4, 0.5) is 0 Å². The maximum Gasteiger partial charge on any atom is 0.112 e. The highest BCUT2D eigenvalue weighted by molar-refractivity contribution is 5.21. The van der Waals surface area contributed by atoms with Gasteiger partial charge in [0.05, 0.1) is 29.5 Å². The van der Waals surface area contributed by atoms with E-state index >= 15 is 0 Å². The molecule has 4 N–H and O–H groups in total. The molecule has 2 rings (SSSR count). The van der Waals surface area contributed by atoms with Gasteiger partial charge in [-0.15, -0.1) is 0 Å². The Hall–Kier alpha value is -0.200. The van der Waals surface area contributed by atoms with E-state index < -0.39 is 23.3 Å². The van der Waals surface area contributed by atoms with Crippen molar-refractivity contribution in [1.82, 2.24) is 0 Å². The minimum absolute atomic E-state index is 0.189. The van der Waals surface area contributed by atoms with Gasteiger partial charge in [-0.05, 0) is 56.8 Å². The Balaban J connectivity index is 2.43. The summed E-state index contributed by atoms with van der Waals surface area (Å²) in [4.78, 5) is 0. The predicted octanol–water partition coefficient (Wildman–Crippen LogP) is 3.11. The van der Waals surface area contributed by atoms with E-state index in [1.807, 2.05) is 6.92 Å². The zero-order valence-corrected chi connectivity index (χ0v) is 18.7. The Kier molecular flexibility index (Phi) is 6.76. The van der Waals surface area contributed by atoms with Crippen LogP contribution in [-0.4, -0.2) is 52.4 Å². The molecule has 0 bridgehead atoms. The van der Waals surface area contributed by atoms with Crippen LogP contribution in [0.2, 0.25) is 0 Å². The summed E-state index contributed by atoms with van der Waals surface area (Å²) in [5.41, 5.74) is 5.12. The summed E-state index contributed by atoms with van der Waals surface area (Å²) in [5.74, 6) is 0.708. The smallest absolute Gasteiger partial charge is 0.112 e. The number of nitrogens with two attached hydrogens (primary N) is 1. The second-order valence-corrected chi connectivity index (χ2v) is 9.87. The molecule has 0 spiro atoms. The first-order valence-corrected chi connectivity index (χ1v) is 10.9. The fourth-order valence-corrected chi connectivity index (χ4v) is 6.21. The summed E-state index contributed by atoms with van der Waals surface area (Å²) in [6.07, 6.45) is 0.897. The standard InChI is InChI=1S/C22H43NO4/c1-9-14(5)22(23)18(24)17-16(21(22,8)10-2)13(4)12-15(27-17)19(26-11-3)20(6,7)25/h13-19,24-25H,9-12,23H2,1-8H3. The van der Waals surface area contributed by atoms with E-state index in [0.29, 0.717) is 12.5 Å². The molecule has 0 radical (unpaired) electrons. The van der Waals surface area contributed by atoms with Gasteiger partial charge in [0.15, 0.2) is 0 Å². The first-order chi connectivity index (χ1) is 12.4. The molecule has 0 amide bonds. The van der Waals surface area contributed by atoms with E-state index in [0.717, 1.165) is 19.3 Å². The summed E-state index contributed by atoms with van der Waals surface area (Å²) >= 11 is 0. The second kappa shape index (κ2) is 7.91. The number of hydrogen-bond acceptors (Lipinski definition) is 5. The third kappa shape index (κ3) is 3.48. The number of ether oxygens (including phenoxy) is 2. The summed E-state index contributed by atoms with van der Waals surface area (Å²) in [7, 11) is 0. The van der Waals surface area contributed by atoms with Crippen LogP contribution in [0.5, 0.6) is 0 Å². The molecule has 27 heavy (non-hydrogen) atoms. The monoisotopic (exact) mass is 385 g/mol. The first-order valence-electron chi connectivity index (χ1n) is 10.9. The van der Waals surface area contributed by atoms with Crippen molar-refractivity contribution < 1.29 is 19.7 Å². The molecule has 1 saturated heterocycles. The Morgan fingerprint density at radius 3 is 2.33 bits per heavy atom. The number of aliphatic hydroxyl groups excluding tert-OH is 1. The molecule has 5 heteroatoms. The van der Waals surface area contributed by atoms with Gasteiger partial charge in [-0.2, -0.15) is 0 Å². The minimum atomic E-state index is -1.01. The van der Waals surface area contributed by atoms with Gasteiger partial charge >= 0.3 is 0 Å². The van der Waals surface area contributed by atoms with Crippen LogP contribution in [-0.2, 0) is 9.47 Å². The average molecular weight is 386 g/mol. The fraction of sp³-hybridized carbons (Fsp3) is 1.00. The lowest BCUT2D eigenvalue weighted by atomic mass is 9.59. The van der Waals surface area contributed by atoms with E-state index in [1.54, 1.807) is 13.8 Å². The van der Waals surface area contributed by atoms with Crippen LogP contribution in [0.25, 0.3) is 0 Å². The molecule has 2 fully saturated rings. The normalized spacial score (nSPS) is 44.8. The molecule has 0 aromatic rings. The molecule has 1 saturated carbocycles. The number of hydrogen-bond donors (Lipinski definition) is 3. The lowest BCUT2D eigenvalue weighted by Crippen LogP contribution is -2.62. The molecule has 9 unspecified atom stereocenters. The molecule has 1 aliphatic carbocycles. The lowest BCUT2D eigenvalue weighted by Gasteiger charge is -2.50. The van der Waals surface area contributed by atoms with Gasteiger partial charge in [0, 0.05) is 6.61 Å². The Morgan fingerprint density at radius 1 is 1.30 bits per heavy atom. The van der Waals surface area contributed by atoms with Gasteiger partial charge in [0.25, 0.3) is 0 Å². The van der Waals surface area contributed by atoms with Crippen molar-refractivity contribution in [2.75, 3.05) is 6.61 Å². The van der Waals surface area contributed by atoms with E-state index in [4.69, 9.17) is 15.2 Å². The van der Waals surface area contributed by atoms with Crippen molar-refractivity contribution in [1.29, 1.82) is 0 Å². The molecule has 9 atom stereocenters. The molecule has 0 aromatic carbocycles. The van der Waals surface area contributed by atoms with Crippen LogP contribution in [0, 0.1) is 23.2 Å². The average Bonchev–Trinajstić information content (AvgIpc) is 2.78. The van der Waals surface area contributed by atoms with E-state index in [2.05, 4.69) is 34.6 Å². The first kappa shape index (κ1) is 23.1. The Labute approximate surface area is 166 Å². The summed E-state index contributed by atoms with van der Waals surface area (Å²) in [6, 6.07) is 0. The zero-order chi connectivity index (χ0) is 20.8. The molecule has 5 nitrogen and oxygen atoms in total. The maximum atomic E-state index is 11.4. The Bertz CT molecular complexity index is 507. The molecular formula is C22H43NO4. The highest BCUT2D eigenvalue weighted by Gasteiger charge is 2.69. The van der Waals surface area contributed by atoms with Crippen molar-refractivity contribution in [3.05, 3.63) is 0 Å². The van der Waals surface area contributed by atoms with Crippen molar-refractivity contribution in [3.8, 4) is 0 Å². The van der Waals surface area contributed by atoms with Crippen LogP contribution < -0.4 is 5.73 Å². The third-order valence-corrected chi connectivity index (χ3v) is 7.97. The van der Waals surface area contributed by atoms with Crippen LogP contribution in [0.15, 0.2) is 0 Å². The highest BCUT2D eigenvalue weighted by atomic mass is 16.6. The van der Waals surface area contributed by atoms with E-state index in [-0.39, 0.29) is 29.5 Å². The summed E-state index contributed by atoms with van der Waals surface area (Å²) < 4.78 is 12.4. The summed E-state index contributed by atoms with van der Waals surface area (Å²) in [5, 5.41) is 22.0. The van der Waals surface area contributed by atoms with E-state index in [9.17, 15) is 10.2 Å². The predicted molar refractivity (Wildman–Crippen MR) is 108 cm³/mol. The summed E-state index contributed by atoms with van der Waals surface area (Å²) in [6.45, 7) is 16.9. The zero-order valence-electron chi connectivity index (χ0n) is 18.7. The van der Waals surface area contributed by atoms with Gasteiger partial charge in [-0.1, -0.05) is 41.0 Å². The van der Waals surface area contributed by atoms with E-state index in [1.165, 1.54) is 0 Å². The molecular weight excluding hydrogens is 342 g/mol. The number of rotatable bonds is 7. The molecule has 160 valence electrons. The van der Waals surface area contributed by atoms with Gasteiger partial charge < -0.3 is 25.4 Å². The van der Waals surface area contributed by atoms with Crippen LogP contribution in [0.1, 0.15) is 74.7 Å². The van der Waals surface area contributed by atoms with Gasteiger partial charge in [-0.25, -0.2) is 0 Å². The number of aliphatic hydroxyl groups is 2.